The third-order valence-electron chi connectivity index (χ3n) is 4.62. The molecule has 2 aliphatic rings. The van der Waals surface area contributed by atoms with Gasteiger partial charge < -0.3 is 4.90 Å². The van der Waals surface area contributed by atoms with Crippen molar-refractivity contribution in [3.05, 3.63) is 27.9 Å². The Morgan fingerprint density at radius 1 is 1.16 bits per heavy atom. The topological polar surface area (TPSA) is 46.8 Å². The molecule has 0 aromatic carbocycles. The lowest BCUT2D eigenvalue weighted by Crippen LogP contribution is -2.22. The fourth-order valence-electron chi connectivity index (χ4n) is 3.18. The lowest BCUT2D eigenvalue weighted by Gasteiger charge is -2.17. The van der Waals surface area contributed by atoms with E-state index in [9.17, 15) is 0 Å². The molecule has 5 nitrogen and oxygen atoms in total. The van der Waals surface area contributed by atoms with E-state index in [-0.39, 0.29) is 0 Å². The van der Waals surface area contributed by atoms with Crippen LogP contribution in [0.4, 0.5) is 5.95 Å². The average molecular weight is 390 g/mol. The van der Waals surface area contributed by atoms with Crippen molar-refractivity contribution in [3.8, 4) is 10.6 Å². The molecule has 0 atom stereocenters. The van der Waals surface area contributed by atoms with Crippen LogP contribution in [0.25, 0.3) is 10.6 Å². The number of thiazole rings is 1. The Morgan fingerprint density at radius 3 is 2.80 bits per heavy atom. The Morgan fingerprint density at radius 2 is 2.04 bits per heavy atom. The summed E-state index contributed by atoms with van der Waals surface area (Å²) in [4.78, 5) is 7.17. The molecule has 4 heterocycles. The predicted molar refractivity (Wildman–Crippen MR) is 105 cm³/mol. The van der Waals surface area contributed by atoms with Gasteiger partial charge in [-0.2, -0.15) is 11.3 Å². The van der Waals surface area contributed by atoms with E-state index in [1.807, 2.05) is 0 Å². The molecule has 130 valence electrons. The smallest absolute Gasteiger partial charge is 0.228 e. The van der Waals surface area contributed by atoms with Crippen molar-refractivity contribution in [1.82, 2.24) is 19.7 Å². The molecule has 3 aromatic heterocycles. The summed E-state index contributed by atoms with van der Waals surface area (Å²) < 4.78 is 2.38. The highest BCUT2D eigenvalue weighted by Crippen LogP contribution is 2.42. The number of thiophene rings is 1. The number of thioether (sulfide) groups is 1. The van der Waals surface area contributed by atoms with E-state index in [4.69, 9.17) is 4.98 Å². The zero-order valence-electron chi connectivity index (χ0n) is 13.8. The first-order chi connectivity index (χ1) is 12.4. The van der Waals surface area contributed by atoms with Gasteiger partial charge in [0.2, 0.25) is 5.95 Å². The lowest BCUT2D eigenvalue weighted by atomic mass is 10.4. The molecule has 0 radical (unpaired) electrons. The SMILES string of the molecule is c1cc(-c2nc(CSc3nnc(N4CCCC4)n3C3CC3)cs2)cs1. The molecule has 1 saturated carbocycles. The third-order valence-corrected chi connectivity index (χ3v) is 7.22. The Labute approximate surface area is 159 Å². The van der Waals surface area contributed by atoms with E-state index in [0.717, 1.165) is 40.6 Å². The zero-order chi connectivity index (χ0) is 16.6. The van der Waals surface area contributed by atoms with Crippen molar-refractivity contribution < 1.29 is 0 Å². The summed E-state index contributed by atoms with van der Waals surface area (Å²) in [5, 5.41) is 17.6. The van der Waals surface area contributed by atoms with Gasteiger partial charge in [0.05, 0.1) is 5.69 Å². The van der Waals surface area contributed by atoms with E-state index in [1.165, 1.54) is 31.2 Å². The number of hydrogen-bond donors (Lipinski definition) is 0. The lowest BCUT2D eigenvalue weighted by molar-refractivity contribution is 0.651. The van der Waals surface area contributed by atoms with Gasteiger partial charge in [-0.05, 0) is 37.1 Å². The molecule has 0 bridgehead atoms. The molecule has 0 amide bonds. The standard InChI is InChI=1S/C17H19N5S3/c1-2-7-21(6-1)16-19-20-17(22(16)14-3-4-14)25-11-13-10-24-15(18-13)12-5-8-23-9-12/h5,8-10,14H,1-4,6-7,11H2. The largest absolute Gasteiger partial charge is 0.341 e. The second-order valence-corrected chi connectivity index (χ2v) is 9.10. The first-order valence-electron chi connectivity index (χ1n) is 8.68. The number of hydrogen-bond acceptors (Lipinski definition) is 7. The minimum atomic E-state index is 0.602. The van der Waals surface area contributed by atoms with Crippen molar-refractivity contribution in [3.63, 3.8) is 0 Å². The second-order valence-electron chi connectivity index (χ2n) is 6.52. The molecule has 1 aliphatic heterocycles. The Balaban J connectivity index is 1.33. The molecule has 1 aliphatic carbocycles. The first-order valence-corrected chi connectivity index (χ1v) is 11.5. The van der Waals surface area contributed by atoms with Gasteiger partial charge in [-0.15, -0.1) is 21.5 Å². The zero-order valence-corrected chi connectivity index (χ0v) is 16.2. The molecular formula is C17H19N5S3. The maximum absolute atomic E-state index is 4.78. The molecule has 8 heteroatoms. The number of anilines is 1. The molecule has 0 N–H and O–H groups in total. The second kappa shape index (κ2) is 6.74. The molecule has 0 spiro atoms. The van der Waals surface area contributed by atoms with E-state index in [1.54, 1.807) is 34.4 Å². The summed E-state index contributed by atoms with van der Waals surface area (Å²) in [7, 11) is 0. The molecule has 0 unspecified atom stereocenters. The maximum Gasteiger partial charge on any atom is 0.228 e. The van der Waals surface area contributed by atoms with Gasteiger partial charge in [0.25, 0.3) is 0 Å². The fraction of sp³-hybridized carbons (Fsp3) is 0.471. The minimum Gasteiger partial charge on any atom is -0.341 e. The Hall–Kier alpha value is -1.38. The average Bonchev–Trinajstić information content (AvgIpc) is 3.16. The maximum atomic E-state index is 4.78. The van der Waals surface area contributed by atoms with Gasteiger partial charge in [-0.1, -0.05) is 11.8 Å². The van der Waals surface area contributed by atoms with Crippen LogP contribution in [0.5, 0.6) is 0 Å². The van der Waals surface area contributed by atoms with Crippen LogP contribution in [0.3, 0.4) is 0 Å². The fourth-order valence-corrected chi connectivity index (χ4v) is 5.71. The molecule has 5 rings (SSSR count). The van der Waals surface area contributed by atoms with Crippen molar-refractivity contribution in [2.45, 2.75) is 42.6 Å². The molecule has 25 heavy (non-hydrogen) atoms. The van der Waals surface area contributed by atoms with E-state index in [0.29, 0.717) is 6.04 Å². The third kappa shape index (κ3) is 3.22. The summed E-state index contributed by atoms with van der Waals surface area (Å²) in [6.45, 7) is 2.23. The van der Waals surface area contributed by atoms with Crippen LogP contribution < -0.4 is 4.90 Å². The molecular weight excluding hydrogens is 370 g/mol. The van der Waals surface area contributed by atoms with Crippen molar-refractivity contribution in [1.29, 1.82) is 0 Å². The van der Waals surface area contributed by atoms with Crippen LogP contribution in [-0.2, 0) is 5.75 Å². The normalized spacial score (nSPS) is 17.5. The van der Waals surface area contributed by atoms with Gasteiger partial charge in [-0.3, -0.25) is 4.57 Å². The van der Waals surface area contributed by atoms with E-state index < -0.39 is 0 Å². The van der Waals surface area contributed by atoms with E-state index in [2.05, 4.69) is 41.9 Å². The quantitative estimate of drug-likeness (QED) is 0.572. The van der Waals surface area contributed by atoms with Crippen molar-refractivity contribution in [2.75, 3.05) is 18.0 Å². The minimum absolute atomic E-state index is 0.602. The van der Waals surface area contributed by atoms with Crippen LogP contribution in [0.15, 0.2) is 27.4 Å². The van der Waals surface area contributed by atoms with Crippen molar-refractivity contribution >= 4 is 40.4 Å². The van der Waals surface area contributed by atoms with Crippen LogP contribution in [0.1, 0.15) is 37.4 Å². The van der Waals surface area contributed by atoms with Crippen LogP contribution in [0.2, 0.25) is 0 Å². The highest BCUT2D eigenvalue weighted by Gasteiger charge is 2.32. The van der Waals surface area contributed by atoms with Crippen LogP contribution in [0, 0.1) is 0 Å². The van der Waals surface area contributed by atoms with Crippen LogP contribution >= 0.6 is 34.4 Å². The Bertz CT molecular complexity index is 844. The Kier molecular flexibility index (Phi) is 4.27. The van der Waals surface area contributed by atoms with Gasteiger partial charge in [-0.25, -0.2) is 4.98 Å². The molecule has 1 saturated heterocycles. The summed E-state index contributed by atoms with van der Waals surface area (Å²) in [5.41, 5.74) is 2.35. The summed E-state index contributed by atoms with van der Waals surface area (Å²) >= 11 is 5.21. The van der Waals surface area contributed by atoms with E-state index >= 15 is 0 Å². The number of nitrogens with zero attached hydrogens (tertiary/aromatic N) is 5. The van der Waals surface area contributed by atoms with Gasteiger partial charge in [0, 0.05) is 41.2 Å². The van der Waals surface area contributed by atoms with Gasteiger partial charge in [0.15, 0.2) is 5.16 Å². The van der Waals surface area contributed by atoms with Crippen LogP contribution in [-0.4, -0.2) is 32.8 Å². The molecule has 2 fully saturated rings. The summed E-state index contributed by atoms with van der Waals surface area (Å²) in [6, 6.07) is 2.73. The predicted octanol–water partition coefficient (Wildman–Crippen LogP) is 4.69. The van der Waals surface area contributed by atoms with Gasteiger partial charge in [0.1, 0.15) is 5.01 Å². The highest BCUT2D eigenvalue weighted by molar-refractivity contribution is 7.98. The van der Waals surface area contributed by atoms with Crippen molar-refractivity contribution in [2.24, 2.45) is 0 Å². The number of rotatable bonds is 6. The monoisotopic (exact) mass is 389 g/mol. The first kappa shape index (κ1) is 15.8. The summed E-state index contributed by atoms with van der Waals surface area (Å²) in [5.74, 6) is 1.94. The van der Waals surface area contributed by atoms with Gasteiger partial charge >= 0.3 is 0 Å². The number of aromatic nitrogens is 4. The molecule has 3 aromatic rings. The highest BCUT2D eigenvalue weighted by atomic mass is 32.2. The summed E-state index contributed by atoms with van der Waals surface area (Å²) in [6.07, 6.45) is 5.05.